The van der Waals surface area contributed by atoms with Crippen LogP contribution in [0.15, 0.2) is 36.5 Å². The number of rotatable bonds is 4. The minimum atomic E-state index is -0.714. The number of aromatic hydroxyl groups is 1. The predicted molar refractivity (Wildman–Crippen MR) is 105 cm³/mol. The zero-order valence-corrected chi connectivity index (χ0v) is 15.8. The van der Waals surface area contributed by atoms with Crippen molar-refractivity contribution in [2.45, 2.75) is 45.4 Å². The monoisotopic (exact) mass is 364 g/mol. The Morgan fingerprint density at radius 1 is 1.22 bits per heavy atom. The Hall–Kier alpha value is -2.82. The Balaban J connectivity index is 1.98. The van der Waals surface area contributed by atoms with Crippen LogP contribution in [0.2, 0.25) is 0 Å². The molecule has 2 aromatic heterocycles. The molecule has 0 saturated heterocycles. The van der Waals surface area contributed by atoms with E-state index in [2.05, 4.69) is 29.5 Å². The van der Waals surface area contributed by atoms with E-state index in [1.807, 2.05) is 31.3 Å². The van der Waals surface area contributed by atoms with Gasteiger partial charge in [0, 0.05) is 28.7 Å². The van der Waals surface area contributed by atoms with Gasteiger partial charge in [-0.05, 0) is 67.5 Å². The van der Waals surface area contributed by atoms with Gasteiger partial charge in [-0.15, -0.1) is 0 Å². The first-order valence-corrected chi connectivity index (χ1v) is 9.40. The summed E-state index contributed by atoms with van der Waals surface area (Å²) in [4.78, 5) is 15.6. The lowest BCUT2D eigenvalue weighted by molar-refractivity contribution is -0.145. The summed E-state index contributed by atoms with van der Waals surface area (Å²) in [5.41, 5.74) is 5.40. The maximum absolute atomic E-state index is 11.3. The number of phenols is 1. The van der Waals surface area contributed by atoms with Crippen LogP contribution in [-0.4, -0.2) is 25.7 Å². The molecule has 27 heavy (non-hydrogen) atoms. The highest BCUT2D eigenvalue weighted by Gasteiger charge is 2.39. The van der Waals surface area contributed by atoms with E-state index in [0.717, 1.165) is 22.3 Å². The smallest absolute Gasteiger partial charge is 0.306 e. The van der Waals surface area contributed by atoms with E-state index in [-0.39, 0.29) is 23.5 Å². The fourth-order valence-corrected chi connectivity index (χ4v) is 4.32. The fraction of sp³-hybridized carbons (Fsp3) is 0.364. The predicted octanol–water partition coefficient (Wildman–Crippen LogP) is 4.74. The molecule has 2 heterocycles. The first kappa shape index (κ1) is 17.6. The van der Waals surface area contributed by atoms with Gasteiger partial charge in [0.05, 0.1) is 11.4 Å². The molecule has 5 heteroatoms. The van der Waals surface area contributed by atoms with Gasteiger partial charge < -0.3 is 14.8 Å². The van der Waals surface area contributed by atoms with Crippen molar-refractivity contribution in [1.82, 2.24) is 9.55 Å². The summed E-state index contributed by atoms with van der Waals surface area (Å²) in [6, 6.07) is 9.53. The van der Waals surface area contributed by atoms with Crippen molar-refractivity contribution in [2.75, 3.05) is 0 Å². The molecule has 1 aromatic carbocycles. The number of aryl methyl sites for hydroxylation is 1. The average molecular weight is 364 g/mol. The Labute approximate surface area is 158 Å². The number of benzene rings is 1. The molecule has 1 aliphatic rings. The molecule has 0 atom stereocenters. The maximum atomic E-state index is 11.3. The number of pyridine rings is 1. The third-order valence-corrected chi connectivity index (χ3v) is 5.61. The number of carbonyl (C=O) groups is 1. The van der Waals surface area contributed by atoms with E-state index in [9.17, 15) is 15.0 Å². The van der Waals surface area contributed by atoms with E-state index in [1.165, 1.54) is 11.3 Å². The zero-order chi connectivity index (χ0) is 19.3. The number of nitrogens with zero attached hydrogens (tertiary/aromatic N) is 2. The van der Waals surface area contributed by atoms with Gasteiger partial charge in [0.25, 0.3) is 0 Å². The van der Waals surface area contributed by atoms with E-state index in [4.69, 9.17) is 0 Å². The molecule has 0 aliphatic heterocycles. The second-order valence-electron chi connectivity index (χ2n) is 7.85. The molecule has 140 valence electrons. The lowest BCUT2D eigenvalue weighted by Gasteiger charge is -2.34. The number of aliphatic carboxylic acids is 1. The Kier molecular flexibility index (Phi) is 4.17. The molecule has 1 saturated carbocycles. The molecule has 0 spiro atoms. The van der Waals surface area contributed by atoms with Crippen LogP contribution in [0.5, 0.6) is 5.75 Å². The molecule has 4 rings (SSSR count). The summed E-state index contributed by atoms with van der Waals surface area (Å²) in [5, 5.41) is 20.4. The van der Waals surface area contributed by atoms with Crippen molar-refractivity contribution < 1.29 is 15.0 Å². The van der Waals surface area contributed by atoms with Gasteiger partial charge in [-0.1, -0.05) is 13.8 Å². The second-order valence-corrected chi connectivity index (χ2v) is 7.85. The van der Waals surface area contributed by atoms with Gasteiger partial charge in [0.2, 0.25) is 0 Å². The van der Waals surface area contributed by atoms with Gasteiger partial charge in [0.15, 0.2) is 0 Å². The highest BCUT2D eigenvalue weighted by molar-refractivity contribution is 5.90. The molecule has 3 aromatic rings. The molecule has 1 aliphatic carbocycles. The number of hydrogen-bond donors (Lipinski definition) is 2. The maximum Gasteiger partial charge on any atom is 0.306 e. The van der Waals surface area contributed by atoms with Crippen LogP contribution >= 0.6 is 0 Å². The van der Waals surface area contributed by atoms with Gasteiger partial charge in [-0.25, -0.2) is 0 Å². The summed E-state index contributed by atoms with van der Waals surface area (Å²) in [7, 11) is 0. The third-order valence-electron chi connectivity index (χ3n) is 5.61. The van der Waals surface area contributed by atoms with Crippen LogP contribution in [0.3, 0.4) is 0 Å². The number of carboxylic acid groups (broad SMARTS) is 1. The molecule has 2 N–H and O–H groups in total. The Bertz CT molecular complexity index is 1030. The minimum absolute atomic E-state index is 0.206. The molecular weight excluding hydrogens is 340 g/mol. The first-order chi connectivity index (χ1) is 12.9. The highest BCUT2D eigenvalue weighted by Crippen LogP contribution is 2.49. The summed E-state index contributed by atoms with van der Waals surface area (Å²) >= 11 is 0. The van der Waals surface area contributed by atoms with E-state index in [1.54, 1.807) is 6.07 Å². The van der Waals surface area contributed by atoms with Crippen molar-refractivity contribution in [3.8, 4) is 11.4 Å². The van der Waals surface area contributed by atoms with Gasteiger partial charge in [-0.3, -0.25) is 9.78 Å². The van der Waals surface area contributed by atoms with Crippen LogP contribution in [0.25, 0.3) is 16.6 Å². The summed E-state index contributed by atoms with van der Waals surface area (Å²) in [6.45, 7) is 6.30. The third kappa shape index (κ3) is 2.87. The van der Waals surface area contributed by atoms with Crippen LogP contribution in [-0.2, 0) is 4.79 Å². The number of hydrogen-bond acceptors (Lipinski definition) is 3. The number of aromatic nitrogens is 2. The quantitative estimate of drug-likeness (QED) is 0.701. The number of carboxylic acids is 1. The lowest BCUT2D eigenvalue weighted by Crippen LogP contribution is -2.29. The topological polar surface area (TPSA) is 75.4 Å². The van der Waals surface area contributed by atoms with Gasteiger partial charge >= 0.3 is 5.97 Å². The van der Waals surface area contributed by atoms with E-state index in [0.29, 0.717) is 12.8 Å². The van der Waals surface area contributed by atoms with E-state index >= 15 is 0 Å². The molecule has 1 fully saturated rings. The summed E-state index contributed by atoms with van der Waals surface area (Å²) < 4.78 is 2.25. The van der Waals surface area contributed by atoms with Crippen LogP contribution in [0, 0.1) is 12.8 Å². The zero-order valence-electron chi connectivity index (χ0n) is 15.8. The summed E-state index contributed by atoms with van der Waals surface area (Å²) in [5.74, 6) is -0.289. The number of phenolic OH excluding ortho intramolecular Hbond substituents is 1. The van der Waals surface area contributed by atoms with Crippen molar-refractivity contribution >= 4 is 16.9 Å². The van der Waals surface area contributed by atoms with E-state index < -0.39 is 5.97 Å². The fourth-order valence-electron chi connectivity index (χ4n) is 4.32. The van der Waals surface area contributed by atoms with Crippen LogP contribution < -0.4 is 0 Å². The first-order valence-electron chi connectivity index (χ1n) is 9.40. The molecule has 0 bridgehead atoms. The van der Waals surface area contributed by atoms with Gasteiger partial charge in [0.1, 0.15) is 5.75 Å². The van der Waals surface area contributed by atoms with Crippen molar-refractivity contribution in [1.29, 1.82) is 0 Å². The van der Waals surface area contributed by atoms with Crippen molar-refractivity contribution in [3.05, 3.63) is 53.5 Å². The highest BCUT2D eigenvalue weighted by atomic mass is 16.4. The number of fused-ring (bicyclic) bond motifs is 1. The molecule has 5 nitrogen and oxygen atoms in total. The molecular formula is C22H24N2O3. The standard InChI is InChI=1S/C22H24N2O3/c1-12(2)21-20(14-9-15(10-14)22(26)27)18-11-17(25)4-5-19(18)24(21)16-6-7-23-13(3)8-16/h4-8,11-12,14-15,25H,9-10H2,1-3H3,(H,26,27). The van der Waals surface area contributed by atoms with Crippen molar-refractivity contribution in [3.63, 3.8) is 0 Å². The molecule has 0 radical (unpaired) electrons. The summed E-state index contributed by atoms with van der Waals surface area (Å²) in [6.07, 6.45) is 3.11. The average Bonchev–Trinajstić information content (AvgIpc) is 2.88. The molecule has 0 unspecified atom stereocenters. The SMILES string of the molecule is Cc1cc(-n2c(C(C)C)c(C3CC(C(=O)O)C3)c3cc(O)ccc32)ccn1. The second kappa shape index (κ2) is 6.41. The van der Waals surface area contributed by atoms with Crippen LogP contribution in [0.4, 0.5) is 0 Å². The van der Waals surface area contributed by atoms with Gasteiger partial charge in [-0.2, -0.15) is 0 Å². The largest absolute Gasteiger partial charge is 0.508 e. The normalized spacial score (nSPS) is 19.4. The van der Waals surface area contributed by atoms with Crippen molar-refractivity contribution in [2.24, 2.45) is 5.92 Å². The molecule has 0 amide bonds. The Morgan fingerprint density at radius 2 is 1.96 bits per heavy atom. The Morgan fingerprint density at radius 3 is 2.59 bits per heavy atom. The van der Waals surface area contributed by atoms with Crippen LogP contribution in [0.1, 0.15) is 55.5 Å². The minimum Gasteiger partial charge on any atom is -0.508 e. The lowest BCUT2D eigenvalue weighted by atomic mass is 9.70.